The number of anilines is 1. The quantitative estimate of drug-likeness (QED) is 0.331. The highest BCUT2D eigenvalue weighted by molar-refractivity contribution is 7.93. The molecule has 0 spiro atoms. The van der Waals surface area contributed by atoms with E-state index in [0.717, 1.165) is 12.1 Å². The fraction of sp³-hybridized carbons (Fsp3) is 0.300. The summed E-state index contributed by atoms with van der Waals surface area (Å²) in [6.07, 6.45) is 0. The van der Waals surface area contributed by atoms with Crippen molar-refractivity contribution in [2.45, 2.75) is 19.1 Å². The first-order valence-electron chi connectivity index (χ1n) is 5.07. The maximum atomic E-state index is 13.3. The van der Waals surface area contributed by atoms with Gasteiger partial charge in [0.2, 0.25) is 10.0 Å². The molecule has 0 aliphatic carbocycles. The van der Waals surface area contributed by atoms with Crippen molar-refractivity contribution in [2.75, 3.05) is 4.72 Å². The Morgan fingerprint density at radius 3 is 2.61 bits per heavy atom. The van der Waals surface area contributed by atoms with Crippen LogP contribution in [-0.4, -0.2) is 24.7 Å². The number of sulfonamides is 1. The molecule has 8 heteroatoms. The first kappa shape index (κ1) is 14.2. The van der Waals surface area contributed by atoms with Crippen molar-refractivity contribution in [3.05, 3.63) is 29.6 Å². The van der Waals surface area contributed by atoms with Gasteiger partial charge in [0.25, 0.3) is 0 Å². The van der Waals surface area contributed by atoms with Crippen LogP contribution in [0.4, 0.5) is 10.1 Å². The van der Waals surface area contributed by atoms with E-state index in [1.165, 1.54) is 19.9 Å². The van der Waals surface area contributed by atoms with Gasteiger partial charge in [0.05, 0.1) is 10.8 Å². The second kappa shape index (κ2) is 5.21. The number of rotatable bonds is 4. The van der Waals surface area contributed by atoms with E-state index in [-0.39, 0.29) is 11.3 Å². The average Bonchev–Trinajstić information content (AvgIpc) is 2.30. The SMILES string of the molecule is CC(C)S(=O)(=O)Nc1ccc(F)c(/C(N)=N/O)c1. The number of nitrogens with two attached hydrogens (primary N) is 1. The van der Waals surface area contributed by atoms with Crippen LogP contribution in [0.5, 0.6) is 0 Å². The minimum atomic E-state index is -3.53. The van der Waals surface area contributed by atoms with Gasteiger partial charge in [-0.05, 0) is 32.0 Å². The molecular formula is C10H14FN3O3S. The Morgan fingerprint density at radius 2 is 2.11 bits per heavy atom. The molecule has 0 heterocycles. The number of benzene rings is 1. The van der Waals surface area contributed by atoms with Crippen LogP contribution in [-0.2, 0) is 10.0 Å². The fourth-order valence-electron chi connectivity index (χ4n) is 1.12. The Labute approximate surface area is 104 Å². The lowest BCUT2D eigenvalue weighted by Gasteiger charge is -2.11. The summed E-state index contributed by atoms with van der Waals surface area (Å²) in [5.74, 6) is -1.14. The minimum Gasteiger partial charge on any atom is -0.409 e. The maximum absolute atomic E-state index is 13.3. The van der Waals surface area contributed by atoms with Gasteiger partial charge in [0.1, 0.15) is 5.82 Å². The van der Waals surface area contributed by atoms with Gasteiger partial charge in [-0.1, -0.05) is 5.16 Å². The molecule has 0 aromatic heterocycles. The molecule has 4 N–H and O–H groups in total. The molecule has 0 aliphatic heterocycles. The zero-order chi connectivity index (χ0) is 13.9. The van der Waals surface area contributed by atoms with Crippen LogP contribution in [0.3, 0.4) is 0 Å². The molecule has 0 radical (unpaired) electrons. The first-order chi connectivity index (χ1) is 8.27. The second-order valence-electron chi connectivity index (χ2n) is 3.88. The fourth-order valence-corrected chi connectivity index (χ4v) is 1.81. The summed E-state index contributed by atoms with van der Waals surface area (Å²) in [5.41, 5.74) is 5.24. The van der Waals surface area contributed by atoms with Gasteiger partial charge in [0.15, 0.2) is 5.84 Å². The number of halogens is 1. The van der Waals surface area contributed by atoms with Crippen LogP contribution in [0.25, 0.3) is 0 Å². The molecule has 0 saturated heterocycles. The predicted molar refractivity (Wildman–Crippen MR) is 66.6 cm³/mol. The van der Waals surface area contributed by atoms with Gasteiger partial charge in [-0.3, -0.25) is 4.72 Å². The van der Waals surface area contributed by atoms with E-state index in [2.05, 4.69) is 9.88 Å². The highest BCUT2D eigenvalue weighted by atomic mass is 32.2. The lowest BCUT2D eigenvalue weighted by atomic mass is 10.2. The molecule has 18 heavy (non-hydrogen) atoms. The van der Waals surface area contributed by atoms with Crippen molar-refractivity contribution in [2.24, 2.45) is 10.9 Å². The summed E-state index contributed by atoms with van der Waals surface area (Å²) in [5, 5.41) is 10.5. The number of nitrogens with zero attached hydrogens (tertiary/aromatic N) is 1. The number of hydrogen-bond acceptors (Lipinski definition) is 4. The molecule has 0 atom stereocenters. The molecule has 1 aromatic rings. The number of oxime groups is 1. The smallest absolute Gasteiger partial charge is 0.235 e. The van der Waals surface area contributed by atoms with Gasteiger partial charge in [-0.2, -0.15) is 0 Å². The van der Waals surface area contributed by atoms with E-state index >= 15 is 0 Å². The van der Waals surface area contributed by atoms with Crippen LogP contribution in [0, 0.1) is 5.82 Å². The number of nitrogens with one attached hydrogen (secondary N) is 1. The zero-order valence-electron chi connectivity index (χ0n) is 9.88. The van der Waals surface area contributed by atoms with Crippen molar-refractivity contribution in [3.63, 3.8) is 0 Å². The number of hydrogen-bond donors (Lipinski definition) is 3. The molecule has 0 aliphatic rings. The van der Waals surface area contributed by atoms with Crippen LogP contribution < -0.4 is 10.5 Å². The van der Waals surface area contributed by atoms with Crippen LogP contribution in [0.1, 0.15) is 19.4 Å². The summed E-state index contributed by atoms with van der Waals surface area (Å²) in [4.78, 5) is 0. The maximum Gasteiger partial charge on any atom is 0.235 e. The summed E-state index contributed by atoms with van der Waals surface area (Å²) >= 11 is 0. The summed E-state index contributed by atoms with van der Waals surface area (Å²) in [6, 6.07) is 3.44. The Kier molecular flexibility index (Phi) is 4.12. The minimum absolute atomic E-state index is 0.145. The third-order valence-electron chi connectivity index (χ3n) is 2.23. The second-order valence-corrected chi connectivity index (χ2v) is 6.11. The molecular weight excluding hydrogens is 261 g/mol. The third-order valence-corrected chi connectivity index (χ3v) is 3.99. The van der Waals surface area contributed by atoms with Crippen molar-refractivity contribution in [3.8, 4) is 0 Å². The van der Waals surface area contributed by atoms with Crippen molar-refractivity contribution < 1.29 is 18.0 Å². The van der Waals surface area contributed by atoms with Crippen molar-refractivity contribution >= 4 is 21.5 Å². The third kappa shape index (κ3) is 3.10. The summed E-state index contributed by atoms with van der Waals surface area (Å²) in [6.45, 7) is 3.02. The molecule has 0 fully saturated rings. The molecule has 1 aromatic carbocycles. The van der Waals surface area contributed by atoms with Gasteiger partial charge >= 0.3 is 0 Å². The molecule has 6 nitrogen and oxygen atoms in total. The average molecular weight is 275 g/mol. The van der Waals surface area contributed by atoms with Crippen LogP contribution in [0.2, 0.25) is 0 Å². The van der Waals surface area contributed by atoms with E-state index in [0.29, 0.717) is 0 Å². The van der Waals surface area contributed by atoms with Crippen LogP contribution in [0.15, 0.2) is 23.4 Å². The monoisotopic (exact) mass is 275 g/mol. The largest absolute Gasteiger partial charge is 0.409 e. The van der Waals surface area contributed by atoms with E-state index in [1.54, 1.807) is 0 Å². The van der Waals surface area contributed by atoms with Crippen molar-refractivity contribution in [1.29, 1.82) is 0 Å². The Bertz CT molecular complexity index is 570. The molecule has 0 unspecified atom stereocenters. The van der Waals surface area contributed by atoms with E-state index < -0.39 is 26.9 Å². The van der Waals surface area contributed by atoms with E-state index in [4.69, 9.17) is 10.9 Å². The highest BCUT2D eigenvalue weighted by Crippen LogP contribution is 2.17. The van der Waals surface area contributed by atoms with Gasteiger partial charge in [-0.25, -0.2) is 12.8 Å². The number of amidine groups is 1. The molecule has 0 bridgehead atoms. The molecule has 1 rings (SSSR count). The standard InChI is InChI=1S/C10H14FN3O3S/c1-6(2)18(16,17)14-7-3-4-9(11)8(5-7)10(12)13-15/h3-6,14-15H,1-2H3,(H2,12,13). The summed E-state index contributed by atoms with van der Waals surface area (Å²) < 4.78 is 38.9. The van der Waals surface area contributed by atoms with Gasteiger partial charge in [-0.15, -0.1) is 0 Å². The lowest BCUT2D eigenvalue weighted by Crippen LogP contribution is -2.23. The van der Waals surface area contributed by atoms with Crippen molar-refractivity contribution in [1.82, 2.24) is 0 Å². The Morgan fingerprint density at radius 1 is 1.50 bits per heavy atom. The topological polar surface area (TPSA) is 105 Å². The lowest BCUT2D eigenvalue weighted by molar-refractivity contribution is 0.318. The normalized spacial score (nSPS) is 12.8. The molecule has 0 saturated carbocycles. The van der Waals surface area contributed by atoms with Gasteiger partial charge in [0, 0.05) is 5.69 Å². The van der Waals surface area contributed by atoms with Gasteiger partial charge < -0.3 is 10.9 Å². The van der Waals surface area contributed by atoms with Crippen LogP contribution >= 0.6 is 0 Å². The van der Waals surface area contributed by atoms with E-state index in [1.807, 2.05) is 0 Å². The predicted octanol–water partition coefficient (Wildman–Crippen LogP) is 1.07. The zero-order valence-corrected chi connectivity index (χ0v) is 10.7. The first-order valence-corrected chi connectivity index (χ1v) is 6.61. The summed E-state index contributed by atoms with van der Waals surface area (Å²) in [7, 11) is -3.53. The Balaban J connectivity index is 3.15. The molecule has 100 valence electrons. The van der Waals surface area contributed by atoms with E-state index in [9.17, 15) is 12.8 Å². The Hall–Kier alpha value is -1.83. The molecule has 0 amide bonds. The highest BCUT2D eigenvalue weighted by Gasteiger charge is 2.17.